The smallest absolute Gasteiger partial charge is 0.303 e. The molecule has 1 fully saturated rings. The van der Waals surface area contributed by atoms with Crippen molar-refractivity contribution in [3.63, 3.8) is 0 Å². The quantitative estimate of drug-likeness (QED) is 0.454. The van der Waals surface area contributed by atoms with Crippen molar-refractivity contribution in [2.24, 2.45) is 11.0 Å². The maximum atomic E-state index is 13.0. The molecule has 11 heteroatoms. The van der Waals surface area contributed by atoms with Crippen LogP contribution >= 0.6 is 0 Å². The normalized spacial score (nSPS) is 20.3. The van der Waals surface area contributed by atoms with Crippen LogP contribution in [0.3, 0.4) is 0 Å². The first-order valence-electron chi connectivity index (χ1n) is 11.1. The van der Waals surface area contributed by atoms with E-state index in [0.717, 1.165) is 12.0 Å². The Labute approximate surface area is 199 Å². The van der Waals surface area contributed by atoms with Gasteiger partial charge in [0, 0.05) is 36.6 Å². The van der Waals surface area contributed by atoms with Crippen LogP contribution in [0.4, 0.5) is 11.4 Å². The summed E-state index contributed by atoms with van der Waals surface area (Å²) in [5, 5.41) is 37.4. The van der Waals surface area contributed by atoms with Gasteiger partial charge in [0.15, 0.2) is 0 Å². The Morgan fingerprint density at radius 3 is 2.43 bits per heavy atom. The molecule has 1 aliphatic heterocycles. The summed E-state index contributed by atoms with van der Waals surface area (Å²) in [6.07, 6.45) is 3.30. The zero-order valence-electron chi connectivity index (χ0n) is 18.6. The van der Waals surface area contributed by atoms with Gasteiger partial charge < -0.3 is 5.11 Å². The van der Waals surface area contributed by atoms with Crippen LogP contribution in [-0.4, -0.2) is 37.6 Å². The summed E-state index contributed by atoms with van der Waals surface area (Å²) in [7, 11) is 0. The number of hydrogen-bond acceptors (Lipinski definition) is 7. The van der Waals surface area contributed by atoms with Gasteiger partial charge in [-0.3, -0.25) is 29.8 Å². The van der Waals surface area contributed by atoms with Gasteiger partial charge in [-0.15, -0.1) is 0 Å². The molecular weight excluding hydrogens is 456 g/mol. The second-order valence-electron chi connectivity index (χ2n) is 8.43. The lowest BCUT2D eigenvalue weighted by Crippen LogP contribution is -2.32. The molecule has 0 bridgehead atoms. The lowest BCUT2D eigenvalue weighted by Gasteiger charge is -2.29. The molecule has 0 saturated heterocycles. The molecule has 1 amide bonds. The van der Waals surface area contributed by atoms with E-state index < -0.39 is 27.8 Å². The van der Waals surface area contributed by atoms with Crippen molar-refractivity contribution in [1.29, 1.82) is 0 Å². The molecule has 1 saturated carbocycles. The number of carboxylic acids is 1. The van der Waals surface area contributed by atoms with Crippen LogP contribution in [0.15, 0.2) is 59.2 Å². The number of carboxylic acid groups (broad SMARTS) is 1. The Morgan fingerprint density at radius 2 is 1.74 bits per heavy atom. The average molecular weight is 478 g/mol. The predicted octanol–water partition coefficient (Wildman–Crippen LogP) is 4.49. The van der Waals surface area contributed by atoms with Crippen molar-refractivity contribution < 1.29 is 24.5 Å². The number of aliphatic carboxylic acids is 1. The summed E-state index contributed by atoms with van der Waals surface area (Å²) >= 11 is 0. The summed E-state index contributed by atoms with van der Waals surface area (Å²) in [4.78, 5) is 45.6. The van der Waals surface area contributed by atoms with Crippen molar-refractivity contribution in [2.75, 3.05) is 0 Å². The number of hydrazone groups is 1. The van der Waals surface area contributed by atoms with Crippen LogP contribution in [0.25, 0.3) is 6.08 Å². The molecule has 2 aromatic carbocycles. The molecule has 0 unspecified atom stereocenters. The molecule has 35 heavy (non-hydrogen) atoms. The zero-order chi connectivity index (χ0) is 25.1. The number of nitro groups is 2. The second-order valence-corrected chi connectivity index (χ2v) is 8.43. The Hall–Kier alpha value is -4.41. The fraction of sp³-hybridized carbons (Fsp3) is 0.292. The maximum absolute atomic E-state index is 13.0. The van der Waals surface area contributed by atoms with Gasteiger partial charge in [-0.1, -0.05) is 24.3 Å². The molecule has 0 radical (unpaired) electrons. The Bertz CT molecular complexity index is 1270. The number of carbonyl (C=O) groups excluding carboxylic acids is 1. The first kappa shape index (κ1) is 23.7. The molecule has 4 rings (SSSR count). The van der Waals surface area contributed by atoms with Crippen LogP contribution in [0.2, 0.25) is 0 Å². The summed E-state index contributed by atoms with van der Waals surface area (Å²) in [5.41, 5.74) is 2.48. The highest BCUT2D eigenvalue weighted by atomic mass is 16.6. The fourth-order valence-electron chi connectivity index (χ4n) is 4.62. The summed E-state index contributed by atoms with van der Waals surface area (Å²) < 4.78 is 0. The fourth-order valence-corrected chi connectivity index (χ4v) is 4.62. The van der Waals surface area contributed by atoms with Crippen LogP contribution < -0.4 is 0 Å². The molecular formula is C24H22N4O7. The number of benzene rings is 2. The van der Waals surface area contributed by atoms with Crippen molar-refractivity contribution in [3.05, 3.63) is 85.5 Å². The molecule has 1 aliphatic carbocycles. The second kappa shape index (κ2) is 9.84. The standard InChI is InChI=1S/C24H22N4O7/c29-21(10-11-22(30)31)26-24(17-6-2-8-19(14-17)28(34)35)20-9-3-5-16(23(20)25-26)12-15-4-1-7-18(13-15)27(32)33/h1-2,4,6-8,12-14,20,24H,3,5,9-11H2,(H,30,31)/b16-12-/t20-,24+/m1/s1. The monoisotopic (exact) mass is 478 g/mol. The van der Waals surface area contributed by atoms with E-state index in [-0.39, 0.29) is 30.1 Å². The molecule has 1 heterocycles. The van der Waals surface area contributed by atoms with E-state index in [9.17, 15) is 29.8 Å². The predicted molar refractivity (Wildman–Crippen MR) is 125 cm³/mol. The molecule has 11 nitrogen and oxygen atoms in total. The van der Waals surface area contributed by atoms with Gasteiger partial charge in [-0.2, -0.15) is 5.10 Å². The highest BCUT2D eigenvalue weighted by Crippen LogP contribution is 2.45. The van der Waals surface area contributed by atoms with Crippen LogP contribution in [0, 0.1) is 26.1 Å². The van der Waals surface area contributed by atoms with Crippen LogP contribution in [0.1, 0.15) is 49.3 Å². The number of carbonyl (C=O) groups is 2. The Morgan fingerprint density at radius 1 is 1.06 bits per heavy atom. The highest BCUT2D eigenvalue weighted by molar-refractivity contribution is 6.08. The minimum atomic E-state index is -1.11. The molecule has 180 valence electrons. The topological polar surface area (TPSA) is 156 Å². The van der Waals surface area contributed by atoms with Crippen LogP contribution in [0.5, 0.6) is 0 Å². The minimum Gasteiger partial charge on any atom is -0.481 e. The van der Waals surface area contributed by atoms with Gasteiger partial charge in [0.05, 0.1) is 28.0 Å². The first-order chi connectivity index (χ1) is 16.7. The third kappa shape index (κ3) is 5.08. The van der Waals surface area contributed by atoms with E-state index in [2.05, 4.69) is 5.10 Å². The van der Waals surface area contributed by atoms with Crippen molar-refractivity contribution in [1.82, 2.24) is 5.01 Å². The average Bonchev–Trinajstić information content (AvgIpc) is 3.23. The first-order valence-corrected chi connectivity index (χ1v) is 11.1. The number of allylic oxidation sites excluding steroid dienone is 1. The Kier molecular flexibility index (Phi) is 6.67. The van der Waals surface area contributed by atoms with E-state index in [1.807, 2.05) is 6.08 Å². The molecule has 2 aliphatic rings. The molecule has 2 atom stereocenters. The number of nitro benzene ring substituents is 2. The summed E-state index contributed by atoms with van der Waals surface area (Å²) in [6.45, 7) is 0. The van der Waals surface area contributed by atoms with E-state index in [4.69, 9.17) is 5.11 Å². The van der Waals surface area contributed by atoms with Crippen molar-refractivity contribution in [3.8, 4) is 0 Å². The highest BCUT2D eigenvalue weighted by Gasteiger charge is 2.44. The van der Waals surface area contributed by atoms with Gasteiger partial charge >= 0.3 is 5.97 Å². The van der Waals surface area contributed by atoms with E-state index in [1.165, 1.54) is 29.3 Å². The molecule has 2 aromatic rings. The Balaban J connectivity index is 1.75. The van der Waals surface area contributed by atoms with Crippen LogP contribution in [-0.2, 0) is 9.59 Å². The van der Waals surface area contributed by atoms with Gasteiger partial charge in [0.1, 0.15) is 0 Å². The molecule has 0 aromatic heterocycles. The van der Waals surface area contributed by atoms with E-state index in [0.29, 0.717) is 29.7 Å². The van der Waals surface area contributed by atoms with E-state index >= 15 is 0 Å². The SMILES string of the molecule is O=C(O)CCC(=O)N1N=C2/C(=C\c3cccc([N+](=O)[O-])c3)CCC[C@H]2[C@@H]1c1cccc([N+](=O)[O-])c1. The lowest BCUT2D eigenvalue weighted by atomic mass is 9.77. The minimum absolute atomic E-state index is 0.0417. The number of fused-ring (bicyclic) bond motifs is 1. The number of rotatable bonds is 7. The molecule has 0 spiro atoms. The number of hydrogen-bond donors (Lipinski definition) is 1. The van der Waals surface area contributed by atoms with Gasteiger partial charge in [-0.05, 0) is 42.0 Å². The van der Waals surface area contributed by atoms with Crippen molar-refractivity contribution >= 4 is 35.0 Å². The number of nitrogens with zero attached hydrogens (tertiary/aromatic N) is 4. The lowest BCUT2D eigenvalue weighted by molar-refractivity contribution is -0.385. The van der Waals surface area contributed by atoms with Crippen molar-refractivity contribution in [2.45, 2.75) is 38.1 Å². The number of non-ortho nitro benzene ring substituents is 2. The maximum Gasteiger partial charge on any atom is 0.303 e. The molecule has 1 N–H and O–H groups in total. The van der Waals surface area contributed by atoms with Gasteiger partial charge in [0.25, 0.3) is 11.4 Å². The van der Waals surface area contributed by atoms with Gasteiger partial charge in [0.2, 0.25) is 5.91 Å². The van der Waals surface area contributed by atoms with E-state index in [1.54, 1.807) is 24.3 Å². The largest absolute Gasteiger partial charge is 0.481 e. The summed E-state index contributed by atoms with van der Waals surface area (Å²) in [5.74, 6) is -1.84. The zero-order valence-corrected chi connectivity index (χ0v) is 18.6. The van der Waals surface area contributed by atoms with Gasteiger partial charge in [-0.25, -0.2) is 5.01 Å². The number of amides is 1. The third-order valence-electron chi connectivity index (χ3n) is 6.15. The third-order valence-corrected chi connectivity index (χ3v) is 6.15. The summed E-state index contributed by atoms with van der Waals surface area (Å²) in [6, 6.07) is 11.6.